The fourth-order valence-corrected chi connectivity index (χ4v) is 4.54. The molecule has 21 heavy (non-hydrogen) atoms. The average molecular weight is 323 g/mol. The normalized spacial score (nSPS) is 28.4. The minimum absolute atomic E-state index is 0.446. The van der Waals surface area contributed by atoms with E-state index >= 15 is 0 Å². The molecule has 0 saturated heterocycles. The molecule has 2 N–H and O–H groups in total. The fourth-order valence-electron chi connectivity index (χ4n) is 4.06. The lowest BCUT2D eigenvalue weighted by molar-refractivity contribution is 0.279. The Labute approximate surface area is 137 Å². The van der Waals surface area contributed by atoms with E-state index in [0.717, 1.165) is 34.0 Å². The first-order valence-electron chi connectivity index (χ1n) is 7.86. The largest absolute Gasteiger partial charge is 0.360 e. The molecule has 0 radical (unpaired) electrons. The molecule has 4 unspecified atom stereocenters. The molecule has 2 aliphatic carbocycles. The SMILES string of the molecule is Cc1ccc(NC(=S)NC(C)C2CC3CCC2C3)cc1Cl. The van der Waals surface area contributed by atoms with Crippen LogP contribution in [0.1, 0.15) is 38.2 Å². The molecule has 1 aromatic carbocycles. The maximum Gasteiger partial charge on any atom is 0.170 e. The molecule has 2 aliphatic rings. The molecule has 114 valence electrons. The van der Waals surface area contributed by atoms with Crippen LogP contribution in [-0.2, 0) is 0 Å². The van der Waals surface area contributed by atoms with Crippen molar-refractivity contribution in [2.75, 3.05) is 5.32 Å². The number of thiocarbonyl (C=S) groups is 1. The highest BCUT2D eigenvalue weighted by atomic mass is 35.5. The van der Waals surface area contributed by atoms with Crippen LogP contribution in [0.4, 0.5) is 5.69 Å². The molecule has 2 nitrogen and oxygen atoms in total. The van der Waals surface area contributed by atoms with Gasteiger partial charge in [-0.25, -0.2) is 0 Å². The van der Waals surface area contributed by atoms with Gasteiger partial charge in [0, 0.05) is 16.8 Å². The van der Waals surface area contributed by atoms with Crippen molar-refractivity contribution in [3.8, 4) is 0 Å². The van der Waals surface area contributed by atoms with Crippen LogP contribution in [0.5, 0.6) is 0 Å². The summed E-state index contributed by atoms with van der Waals surface area (Å²) in [5.41, 5.74) is 2.03. The molecule has 4 atom stereocenters. The van der Waals surface area contributed by atoms with Gasteiger partial charge in [-0.2, -0.15) is 0 Å². The topological polar surface area (TPSA) is 24.1 Å². The van der Waals surface area contributed by atoms with E-state index in [1.165, 1.54) is 25.7 Å². The lowest BCUT2D eigenvalue weighted by Crippen LogP contribution is -2.42. The van der Waals surface area contributed by atoms with Gasteiger partial charge in [0.15, 0.2) is 5.11 Å². The van der Waals surface area contributed by atoms with E-state index < -0.39 is 0 Å². The Balaban J connectivity index is 1.55. The highest BCUT2D eigenvalue weighted by Gasteiger charge is 2.41. The summed E-state index contributed by atoms with van der Waals surface area (Å²) in [5.74, 6) is 2.67. The molecule has 0 aliphatic heterocycles. The molecule has 0 aromatic heterocycles. The predicted octanol–water partition coefficient (Wildman–Crippen LogP) is 4.76. The third kappa shape index (κ3) is 3.35. The molecule has 2 saturated carbocycles. The van der Waals surface area contributed by atoms with E-state index in [2.05, 4.69) is 17.6 Å². The maximum atomic E-state index is 6.15. The number of hydrogen-bond acceptors (Lipinski definition) is 1. The Morgan fingerprint density at radius 2 is 2.14 bits per heavy atom. The van der Waals surface area contributed by atoms with Gasteiger partial charge in [-0.1, -0.05) is 24.1 Å². The summed E-state index contributed by atoms with van der Waals surface area (Å²) >= 11 is 11.6. The van der Waals surface area contributed by atoms with Crippen LogP contribution in [0, 0.1) is 24.7 Å². The second-order valence-corrected chi connectivity index (χ2v) is 7.51. The zero-order chi connectivity index (χ0) is 15.0. The molecule has 1 aromatic rings. The third-order valence-electron chi connectivity index (χ3n) is 5.22. The molecule has 0 spiro atoms. The van der Waals surface area contributed by atoms with E-state index in [1.807, 2.05) is 25.1 Å². The average Bonchev–Trinajstić information content (AvgIpc) is 3.05. The first-order valence-corrected chi connectivity index (χ1v) is 8.65. The Kier molecular flexibility index (Phi) is 4.41. The fraction of sp³-hybridized carbons (Fsp3) is 0.588. The Morgan fingerprint density at radius 1 is 1.33 bits per heavy atom. The molecule has 2 bridgehead atoms. The summed E-state index contributed by atoms with van der Waals surface area (Å²) in [6.45, 7) is 4.27. The van der Waals surface area contributed by atoms with Gasteiger partial charge >= 0.3 is 0 Å². The van der Waals surface area contributed by atoms with Crippen molar-refractivity contribution in [3.05, 3.63) is 28.8 Å². The van der Waals surface area contributed by atoms with Crippen LogP contribution in [-0.4, -0.2) is 11.2 Å². The maximum absolute atomic E-state index is 6.15. The van der Waals surface area contributed by atoms with Gasteiger partial charge < -0.3 is 10.6 Å². The number of aryl methyl sites for hydroxylation is 1. The van der Waals surface area contributed by atoms with Gasteiger partial charge in [-0.15, -0.1) is 0 Å². The Hall–Kier alpha value is -0.800. The molecule has 0 heterocycles. The minimum Gasteiger partial charge on any atom is -0.360 e. The number of hydrogen-bond donors (Lipinski definition) is 2. The van der Waals surface area contributed by atoms with Crippen LogP contribution in [0.25, 0.3) is 0 Å². The second kappa shape index (κ2) is 6.13. The van der Waals surface area contributed by atoms with Gasteiger partial charge in [-0.05, 0) is 80.8 Å². The Morgan fingerprint density at radius 3 is 2.76 bits per heavy atom. The van der Waals surface area contributed by atoms with Crippen LogP contribution in [0.2, 0.25) is 5.02 Å². The zero-order valence-electron chi connectivity index (χ0n) is 12.7. The van der Waals surface area contributed by atoms with E-state index in [1.54, 1.807) is 0 Å². The third-order valence-corrected chi connectivity index (χ3v) is 5.85. The lowest BCUT2D eigenvalue weighted by atomic mass is 9.84. The number of halogens is 1. The number of rotatable bonds is 3. The molecule has 3 rings (SSSR count). The molecule has 0 amide bonds. The quantitative estimate of drug-likeness (QED) is 0.785. The summed E-state index contributed by atoms with van der Waals surface area (Å²) in [6.07, 6.45) is 5.66. The smallest absolute Gasteiger partial charge is 0.170 e. The number of benzene rings is 1. The predicted molar refractivity (Wildman–Crippen MR) is 93.9 cm³/mol. The van der Waals surface area contributed by atoms with E-state index in [4.69, 9.17) is 23.8 Å². The van der Waals surface area contributed by atoms with Crippen LogP contribution in [0.15, 0.2) is 18.2 Å². The van der Waals surface area contributed by atoms with E-state index in [-0.39, 0.29) is 0 Å². The van der Waals surface area contributed by atoms with E-state index in [9.17, 15) is 0 Å². The lowest BCUT2D eigenvalue weighted by Gasteiger charge is -2.29. The van der Waals surface area contributed by atoms with Crippen LogP contribution in [0.3, 0.4) is 0 Å². The highest BCUT2D eigenvalue weighted by Crippen LogP contribution is 2.49. The molecular formula is C17H23ClN2S. The van der Waals surface area contributed by atoms with Gasteiger partial charge in [-0.3, -0.25) is 0 Å². The first-order chi connectivity index (χ1) is 10.0. The van der Waals surface area contributed by atoms with Gasteiger partial charge in [0.2, 0.25) is 0 Å². The van der Waals surface area contributed by atoms with Gasteiger partial charge in [0.25, 0.3) is 0 Å². The van der Waals surface area contributed by atoms with Crippen molar-refractivity contribution >= 4 is 34.6 Å². The standard InChI is InChI=1S/C17H23ClN2S/c1-10-3-6-14(9-16(10)18)20-17(21)19-11(2)15-8-12-4-5-13(15)7-12/h3,6,9,11-13,15H,4-5,7-8H2,1-2H3,(H2,19,20,21). The summed E-state index contributed by atoms with van der Waals surface area (Å²) in [6, 6.07) is 6.39. The molecule has 4 heteroatoms. The summed E-state index contributed by atoms with van der Waals surface area (Å²) < 4.78 is 0. The first kappa shape index (κ1) is 15.1. The zero-order valence-corrected chi connectivity index (χ0v) is 14.2. The van der Waals surface area contributed by atoms with Crippen molar-refractivity contribution in [3.63, 3.8) is 0 Å². The minimum atomic E-state index is 0.446. The summed E-state index contributed by atoms with van der Waals surface area (Å²) in [4.78, 5) is 0. The van der Waals surface area contributed by atoms with Crippen LogP contribution < -0.4 is 10.6 Å². The Bertz CT molecular complexity index is 546. The second-order valence-electron chi connectivity index (χ2n) is 6.69. The number of fused-ring (bicyclic) bond motifs is 2. The van der Waals surface area contributed by atoms with Crippen molar-refractivity contribution in [1.82, 2.24) is 5.32 Å². The number of anilines is 1. The monoisotopic (exact) mass is 322 g/mol. The highest BCUT2D eigenvalue weighted by molar-refractivity contribution is 7.80. The van der Waals surface area contributed by atoms with Crippen molar-refractivity contribution in [2.45, 2.75) is 45.6 Å². The van der Waals surface area contributed by atoms with Crippen LogP contribution >= 0.6 is 23.8 Å². The molecular weight excluding hydrogens is 300 g/mol. The van der Waals surface area contributed by atoms with Crippen molar-refractivity contribution in [1.29, 1.82) is 0 Å². The van der Waals surface area contributed by atoms with Crippen molar-refractivity contribution < 1.29 is 0 Å². The van der Waals surface area contributed by atoms with Gasteiger partial charge in [0.1, 0.15) is 0 Å². The van der Waals surface area contributed by atoms with E-state index in [0.29, 0.717) is 11.2 Å². The number of nitrogens with one attached hydrogen (secondary N) is 2. The van der Waals surface area contributed by atoms with Crippen molar-refractivity contribution in [2.24, 2.45) is 17.8 Å². The summed E-state index contributed by atoms with van der Waals surface area (Å²) in [7, 11) is 0. The summed E-state index contributed by atoms with van der Waals surface area (Å²) in [5, 5.41) is 8.18. The molecule has 2 fully saturated rings. The van der Waals surface area contributed by atoms with Gasteiger partial charge in [0.05, 0.1) is 0 Å².